The Hall–Kier alpha value is -3.66. The highest BCUT2D eigenvalue weighted by atomic mass is 32.2. The van der Waals surface area contributed by atoms with Crippen LogP contribution in [0.15, 0.2) is 59.9 Å². The lowest BCUT2D eigenvalue weighted by Gasteiger charge is -2.37. The Morgan fingerprint density at radius 1 is 0.973 bits per heavy atom. The lowest BCUT2D eigenvalue weighted by Crippen LogP contribution is -2.38. The van der Waals surface area contributed by atoms with Gasteiger partial charge < -0.3 is 0 Å². The van der Waals surface area contributed by atoms with E-state index in [2.05, 4.69) is 34.0 Å². The number of pyridine rings is 1. The Balaban J connectivity index is 1.50. The van der Waals surface area contributed by atoms with Crippen molar-refractivity contribution in [2.24, 2.45) is 5.41 Å². The minimum absolute atomic E-state index is 0.0868. The van der Waals surface area contributed by atoms with Crippen molar-refractivity contribution in [3.63, 3.8) is 0 Å². The van der Waals surface area contributed by atoms with E-state index in [4.69, 9.17) is 4.98 Å². The summed E-state index contributed by atoms with van der Waals surface area (Å²) < 4.78 is 53.1. The van der Waals surface area contributed by atoms with Crippen molar-refractivity contribution in [3.8, 4) is 22.6 Å². The molecule has 0 aliphatic heterocycles. The maximum absolute atomic E-state index is 14.5. The highest BCUT2D eigenvalue weighted by Gasteiger charge is 2.65. The van der Waals surface area contributed by atoms with Gasteiger partial charge in [-0.05, 0) is 60.1 Å². The maximum Gasteiger partial charge on any atom is 0.175 e. The number of hydrogen-bond acceptors (Lipinski definition) is 7. The number of rotatable bonds is 4. The Bertz CT molecular complexity index is 1670. The number of sulfone groups is 1. The molecule has 188 valence electrons. The van der Waals surface area contributed by atoms with Crippen molar-refractivity contribution < 1.29 is 17.2 Å². The third-order valence-corrected chi connectivity index (χ3v) is 9.21. The first-order chi connectivity index (χ1) is 17.5. The van der Waals surface area contributed by atoms with Gasteiger partial charge in [-0.15, -0.1) is 5.10 Å². The Morgan fingerprint density at radius 3 is 2.46 bits per heavy atom. The second-order valence-electron chi connectivity index (χ2n) is 10.3. The standard InChI is InChI=1S/C27H23F2N5O2S/c1-26(2)17-7-9-27(26,25-16(17)12-21(33-34-25)24-18(28)5-4-6-19(24)29)23-14-30-13-22(32-23)20-11-15(8-10-31-20)37(3,35)36/h4-6,8,10-14,17H,7,9H2,1-3H3/t17-,27-/m0/s1. The molecule has 0 saturated heterocycles. The van der Waals surface area contributed by atoms with E-state index in [0.717, 1.165) is 30.4 Å². The molecule has 2 atom stereocenters. The molecule has 0 spiro atoms. The van der Waals surface area contributed by atoms with Crippen molar-refractivity contribution in [2.75, 3.05) is 6.26 Å². The number of aromatic nitrogens is 5. The predicted molar refractivity (Wildman–Crippen MR) is 132 cm³/mol. The number of halogens is 2. The van der Waals surface area contributed by atoms with E-state index in [1.54, 1.807) is 18.5 Å². The SMILES string of the molecule is CC1(C)[C@H]2CC[C@]1(c1cncc(-c3cc(S(C)(=O)=O)ccn3)n1)c1nnc(-c3c(F)cccc3F)cc12. The van der Waals surface area contributed by atoms with E-state index in [0.29, 0.717) is 17.1 Å². The molecule has 0 radical (unpaired) electrons. The Kier molecular flexibility index (Phi) is 5.08. The second-order valence-corrected chi connectivity index (χ2v) is 12.3. The minimum atomic E-state index is -3.42. The second kappa shape index (κ2) is 7.92. The van der Waals surface area contributed by atoms with Crippen LogP contribution in [0.2, 0.25) is 0 Å². The normalized spacial score (nSPS) is 21.7. The fourth-order valence-corrected chi connectivity index (χ4v) is 6.87. The lowest BCUT2D eigenvalue weighted by atomic mass is 9.66. The molecule has 10 heteroatoms. The molecule has 0 N–H and O–H groups in total. The number of benzene rings is 1. The largest absolute Gasteiger partial charge is 0.260 e. The number of fused-ring (bicyclic) bond motifs is 5. The summed E-state index contributed by atoms with van der Waals surface area (Å²) in [6, 6.07) is 8.42. The molecule has 1 fully saturated rings. The zero-order chi connectivity index (χ0) is 26.2. The monoisotopic (exact) mass is 519 g/mol. The van der Waals surface area contributed by atoms with E-state index < -0.39 is 26.9 Å². The van der Waals surface area contributed by atoms with Gasteiger partial charge in [0.05, 0.1) is 44.8 Å². The summed E-state index contributed by atoms with van der Waals surface area (Å²) in [6.07, 6.45) is 7.44. The van der Waals surface area contributed by atoms with Crippen molar-refractivity contribution in [3.05, 3.63) is 83.6 Å². The number of nitrogens with zero attached hydrogens (tertiary/aromatic N) is 5. The van der Waals surface area contributed by atoms with Gasteiger partial charge in [-0.25, -0.2) is 22.2 Å². The first kappa shape index (κ1) is 23.7. The minimum Gasteiger partial charge on any atom is -0.260 e. The molecule has 2 aliphatic rings. The third kappa shape index (κ3) is 3.34. The van der Waals surface area contributed by atoms with E-state index in [1.165, 1.54) is 36.5 Å². The summed E-state index contributed by atoms with van der Waals surface area (Å²) in [4.78, 5) is 13.8. The maximum atomic E-state index is 14.5. The van der Waals surface area contributed by atoms with E-state index in [1.807, 2.05) is 0 Å². The molecule has 4 aromatic rings. The van der Waals surface area contributed by atoms with Crippen LogP contribution in [0.4, 0.5) is 8.78 Å². The first-order valence-corrected chi connectivity index (χ1v) is 13.7. The van der Waals surface area contributed by atoms with E-state index >= 15 is 0 Å². The molecule has 3 heterocycles. The van der Waals surface area contributed by atoms with Gasteiger partial charge >= 0.3 is 0 Å². The van der Waals surface area contributed by atoms with Crippen LogP contribution in [0.5, 0.6) is 0 Å². The lowest BCUT2D eigenvalue weighted by molar-refractivity contribution is 0.242. The molecule has 3 aromatic heterocycles. The smallest absolute Gasteiger partial charge is 0.175 e. The summed E-state index contributed by atoms with van der Waals surface area (Å²) in [5, 5.41) is 8.81. The van der Waals surface area contributed by atoms with Gasteiger partial charge in [0, 0.05) is 18.6 Å². The van der Waals surface area contributed by atoms with Crippen LogP contribution >= 0.6 is 0 Å². The summed E-state index contributed by atoms with van der Waals surface area (Å²) in [6.45, 7) is 4.29. The van der Waals surface area contributed by atoms with Crippen molar-refractivity contribution in [1.29, 1.82) is 0 Å². The van der Waals surface area contributed by atoms with Gasteiger partial charge in [0.2, 0.25) is 0 Å². The molecule has 6 rings (SSSR count). The Morgan fingerprint density at radius 2 is 1.73 bits per heavy atom. The predicted octanol–water partition coefficient (Wildman–Crippen LogP) is 4.88. The van der Waals surface area contributed by atoms with Gasteiger partial charge in [-0.1, -0.05) is 19.9 Å². The third-order valence-electron chi connectivity index (χ3n) is 8.09. The Labute approximate surface area is 213 Å². The van der Waals surface area contributed by atoms with Crippen molar-refractivity contribution in [2.45, 2.75) is 42.9 Å². The number of hydrogen-bond donors (Lipinski definition) is 0. The fraction of sp³-hybridized carbons (Fsp3) is 0.296. The molecular weight excluding hydrogens is 496 g/mol. The zero-order valence-corrected chi connectivity index (χ0v) is 21.2. The van der Waals surface area contributed by atoms with E-state index in [9.17, 15) is 17.2 Å². The molecule has 0 unspecified atom stereocenters. The van der Waals surface area contributed by atoms with Crippen LogP contribution in [-0.4, -0.2) is 39.8 Å². The van der Waals surface area contributed by atoms with Crippen LogP contribution < -0.4 is 0 Å². The molecule has 2 bridgehead atoms. The van der Waals surface area contributed by atoms with Gasteiger partial charge in [0.25, 0.3) is 0 Å². The van der Waals surface area contributed by atoms with Gasteiger partial charge in [0.15, 0.2) is 9.84 Å². The first-order valence-electron chi connectivity index (χ1n) is 11.9. The van der Waals surface area contributed by atoms with Gasteiger partial charge in [-0.2, -0.15) is 5.10 Å². The molecule has 7 nitrogen and oxygen atoms in total. The van der Waals surface area contributed by atoms with E-state index in [-0.39, 0.29) is 27.5 Å². The van der Waals surface area contributed by atoms with Crippen LogP contribution in [0.1, 0.15) is 49.6 Å². The summed E-state index contributed by atoms with van der Waals surface area (Å²) >= 11 is 0. The highest BCUT2D eigenvalue weighted by molar-refractivity contribution is 7.90. The van der Waals surface area contributed by atoms with Crippen LogP contribution in [0, 0.1) is 17.0 Å². The van der Waals surface area contributed by atoms with Crippen LogP contribution in [-0.2, 0) is 15.3 Å². The fourth-order valence-electron chi connectivity index (χ4n) is 6.23. The van der Waals surface area contributed by atoms with Crippen LogP contribution in [0.3, 0.4) is 0 Å². The molecule has 37 heavy (non-hydrogen) atoms. The molecule has 2 aliphatic carbocycles. The van der Waals surface area contributed by atoms with Crippen LogP contribution in [0.25, 0.3) is 22.6 Å². The average molecular weight is 520 g/mol. The summed E-state index contributed by atoms with van der Waals surface area (Å²) in [5.41, 5.74) is 2.20. The van der Waals surface area contributed by atoms with Crippen molar-refractivity contribution >= 4 is 9.84 Å². The van der Waals surface area contributed by atoms with Gasteiger partial charge in [-0.3, -0.25) is 9.97 Å². The van der Waals surface area contributed by atoms with Crippen molar-refractivity contribution in [1.82, 2.24) is 25.1 Å². The summed E-state index contributed by atoms with van der Waals surface area (Å²) in [5.74, 6) is -1.29. The topological polar surface area (TPSA) is 98.6 Å². The molecular formula is C27H23F2N5O2S. The van der Waals surface area contributed by atoms with Gasteiger partial charge in [0.1, 0.15) is 17.3 Å². The average Bonchev–Trinajstić information content (AvgIpc) is 3.24. The zero-order valence-electron chi connectivity index (χ0n) is 20.4. The molecule has 0 amide bonds. The highest BCUT2D eigenvalue weighted by Crippen LogP contribution is 2.69. The quantitative estimate of drug-likeness (QED) is 0.379. The molecule has 1 saturated carbocycles. The molecule has 1 aromatic carbocycles. The summed E-state index contributed by atoms with van der Waals surface area (Å²) in [7, 11) is -3.42.